The third-order valence-corrected chi connectivity index (χ3v) is 4.48. The van der Waals surface area contributed by atoms with E-state index in [-0.39, 0.29) is 0 Å². The van der Waals surface area contributed by atoms with E-state index in [1.54, 1.807) is 0 Å². The van der Waals surface area contributed by atoms with E-state index in [4.69, 9.17) is 0 Å². The van der Waals surface area contributed by atoms with Crippen LogP contribution in [-0.2, 0) is 0 Å². The van der Waals surface area contributed by atoms with Gasteiger partial charge in [0.05, 0.1) is 0 Å². The lowest BCUT2D eigenvalue weighted by Crippen LogP contribution is -1.77. The molecule has 0 nitrogen and oxygen atoms in total. The molecule has 0 radical (unpaired) electrons. The van der Waals surface area contributed by atoms with E-state index in [1.807, 2.05) is 24.3 Å². The maximum Gasteiger partial charge on any atom is -0.0178 e. The van der Waals surface area contributed by atoms with E-state index in [2.05, 4.69) is 110 Å². The maximum atomic E-state index is 3.77. The Morgan fingerprint density at radius 3 is 1.39 bits per heavy atom. The molecule has 0 aliphatic rings. The van der Waals surface area contributed by atoms with Gasteiger partial charge >= 0.3 is 0 Å². The molecule has 0 spiro atoms. The monoisotopic (exact) mass is 360 g/mol. The van der Waals surface area contributed by atoms with Crippen molar-refractivity contribution in [1.29, 1.82) is 0 Å². The summed E-state index contributed by atoms with van der Waals surface area (Å²) in [5.74, 6) is 0. The Bertz CT molecular complexity index is 1010. The normalized spacial score (nSPS) is 9.71. The summed E-state index contributed by atoms with van der Waals surface area (Å²) in [7, 11) is 0. The molecule has 0 unspecified atom stereocenters. The summed E-state index contributed by atoms with van der Waals surface area (Å²) in [6.07, 6.45) is 3.72. The van der Waals surface area contributed by atoms with Crippen molar-refractivity contribution in [2.45, 2.75) is 0 Å². The zero-order valence-corrected chi connectivity index (χ0v) is 16.0. The fourth-order valence-electron chi connectivity index (χ4n) is 2.92. The van der Waals surface area contributed by atoms with Gasteiger partial charge in [0, 0.05) is 0 Å². The Morgan fingerprint density at radius 2 is 0.857 bits per heavy atom. The van der Waals surface area contributed by atoms with Gasteiger partial charge in [-0.3, -0.25) is 0 Å². The number of hydrogen-bond donors (Lipinski definition) is 0. The summed E-state index contributed by atoms with van der Waals surface area (Å²) in [4.78, 5) is 0. The van der Waals surface area contributed by atoms with Gasteiger partial charge in [-0.2, -0.15) is 0 Å². The van der Waals surface area contributed by atoms with Crippen LogP contribution in [0, 0.1) is 0 Å². The van der Waals surface area contributed by atoms with E-state index in [0.29, 0.717) is 0 Å². The van der Waals surface area contributed by atoms with Gasteiger partial charge in [-0.05, 0) is 39.4 Å². The van der Waals surface area contributed by atoms with Gasteiger partial charge in [0.2, 0.25) is 0 Å². The van der Waals surface area contributed by atoms with E-state index in [9.17, 15) is 0 Å². The van der Waals surface area contributed by atoms with Crippen LogP contribution in [0.2, 0.25) is 0 Å². The van der Waals surface area contributed by atoms with E-state index in [0.717, 1.165) is 11.1 Å². The molecule has 4 rings (SSSR count). The van der Waals surface area contributed by atoms with Crippen molar-refractivity contribution in [3.8, 4) is 22.3 Å². The van der Waals surface area contributed by atoms with Crippen LogP contribution in [0.15, 0.2) is 122 Å². The highest BCUT2D eigenvalue weighted by Gasteiger charge is 1.96. The fourth-order valence-corrected chi connectivity index (χ4v) is 2.92. The SMILES string of the molecule is C=Cc1ccc(-c2ccccc2)cc1.C=Cc1cccc(-c2ccccc2)c1. The van der Waals surface area contributed by atoms with Crippen molar-refractivity contribution < 1.29 is 0 Å². The lowest BCUT2D eigenvalue weighted by molar-refractivity contribution is 1.60. The van der Waals surface area contributed by atoms with Gasteiger partial charge < -0.3 is 0 Å². The topological polar surface area (TPSA) is 0 Å². The molecule has 4 aromatic rings. The van der Waals surface area contributed by atoms with Crippen LogP contribution in [0.4, 0.5) is 0 Å². The third-order valence-electron chi connectivity index (χ3n) is 4.48. The fraction of sp³-hybridized carbons (Fsp3) is 0. The van der Waals surface area contributed by atoms with Gasteiger partial charge in [-0.15, -0.1) is 0 Å². The average Bonchev–Trinajstić information content (AvgIpc) is 2.81. The summed E-state index contributed by atoms with van der Waals surface area (Å²) < 4.78 is 0. The molecule has 0 atom stereocenters. The zero-order chi connectivity index (χ0) is 19.6. The predicted molar refractivity (Wildman–Crippen MR) is 124 cm³/mol. The molecule has 0 fully saturated rings. The van der Waals surface area contributed by atoms with Crippen molar-refractivity contribution in [1.82, 2.24) is 0 Å². The second kappa shape index (κ2) is 9.89. The molecule has 0 aromatic heterocycles. The number of benzene rings is 4. The van der Waals surface area contributed by atoms with Crippen molar-refractivity contribution in [2.24, 2.45) is 0 Å². The smallest absolute Gasteiger partial charge is 0.0178 e. The molecule has 0 heterocycles. The van der Waals surface area contributed by atoms with Crippen LogP contribution in [0.5, 0.6) is 0 Å². The minimum atomic E-state index is 1.16. The molecule has 0 saturated carbocycles. The summed E-state index contributed by atoms with van der Waals surface area (Å²) in [6.45, 7) is 7.50. The first-order chi connectivity index (χ1) is 13.8. The molecule has 28 heavy (non-hydrogen) atoms. The van der Waals surface area contributed by atoms with Crippen LogP contribution < -0.4 is 0 Å². The van der Waals surface area contributed by atoms with Crippen LogP contribution in [0.1, 0.15) is 11.1 Å². The number of hydrogen-bond acceptors (Lipinski definition) is 0. The molecule has 4 aromatic carbocycles. The molecular formula is C28H24. The van der Waals surface area contributed by atoms with Crippen LogP contribution >= 0.6 is 0 Å². The van der Waals surface area contributed by atoms with Gasteiger partial charge in [0.15, 0.2) is 0 Å². The molecule has 0 bridgehead atoms. The Kier molecular flexibility index (Phi) is 6.76. The summed E-state index contributed by atoms with van der Waals surface area (Å²) in [5.41, 5.74) is 7.30. The van der Waals surface area contributed by atoms with Crippen LogP contribution in [-0.4, -0.2) is 0 Å². The molecule has 0 N–H and O–H groups in total. The van der Waals surface area contributed by atoms with Crippen LogP contribution in [0.3, 0.4) is 0 Å². The predicted octanol–water partition coefficient (Wildman–Crippen LogP) is 7.99. The highest BCUT2D eigenvalue weighted by Crippen LogP contribution is 2.20. The lowest BCUT2D eigenvalue weighted by atomic mass is 10.0. The second-order valence-electron chi connectivity index (χ2n) is 6.39. The first kappa shape index (κ1) is 19.1. The third kappa shape index (κ3) is 5.18. The van der Waals surface area contributed by atoms with Gasteiger partial charge in [-0.25, -0.2) is 0 Å². The Balaban J connectivity index is 0.000000161. The minimum Gasteiger partial charge on any atom is -0.0985 e. The van der Waals surface area contributed by atoms with E-state index in [1.165, 1.54) is 22.3 Å². The zero-order valence-electron chi connectivity index (χ0n) is 16.0. The Morgan fingerprint density at radius 1 is 0.393 bits per heavy atom. The van der Waals surface area contributed by atoms with E-state index >= 15 is 0 Å². The molecule has 0 amide bonds. The lowest BCUT2D eigenvalue weighted by Gasteiger charge is -2.01. The Hall–Kier alpha value is -3.64. The molecule has 0 heteroatoms. The maximum absolute atomic E-state index is 3.77. The standard InChI is InChI=1S/2C14H12/c1-2-12-7-6-10-14(11-12)13-8-4-3-5-9-13;1-2-12-8-10-14(11-9-12)13-6-4-3-5-7-13/h2*2-11H,1H2. The van der Waals surface area contributed by atoms with Crippen LogP contribution in [0.25, 0.3) is 34.4 Å². The highest BCUT2D eigenvalue weighted by atomic mass is 14.0. The van der Waals surface area contributed by atoms with Crippen molar-refractivity contribution >= 4 is 12.2 Å². The average molecular weight is 361 g/mol. The van der Waals surface area contributed by atoms with Gasteiger partial charge in [0.1, 0.15) is 0 Å². The Labute approximate surface area is 168 Å². The summed E-state index contributed by atoms with van der Waals surface area (Å²) in [6, 6.07) is 37.5. The van der Waals surface area contributed by atoms with Gasteiger partial charge in [0.25, 0.3) is 0 Å². The van der Waals surface area contributed by atoms with Crippen molar-refractivity contribution in [3.63, 3.8) is 0 Å². The van der Waals surface area contributed by atoms with Crippen molar-refractivity contribution in [2.75, 3.05) is 0 Å². The number of rotatable bonds is 4. The first-order valence-electron chi connectivity index (χ1n) is 9.36. The molecule has 0 aliphatic heterocycles. The van der Waals surface area contributed by atoms with E-state index < -0.39 is 0 Å². The molecule has 0 aliphatic carbocycles. The van der Waals surface area contributed by atoms with Gasteiger partial charge in [-0.1, -0.05) is 128 Å². The largest absolute Gasteiger partial charge is 0.0985 e. The second-order valence-corrected chi connectivity index (χ2v) is 6.39. The summed E-state index contributed by atoms with van der Waals surface area (Å²) >= 11 is 0. The first-order valence-corrected chi connectivity index (χ1v) is 9.36. The highest BCUT2D eigenvalue weighted by molar-refractivity contribution is 5.67. The molecular weight excluding hydrogens is 336 g/mol. The minimum absolute atomic E-state index is 1.16. The summed E-state index contributed by atoms with van der Waals surface area (Å²) in [5, 5.41) is 0. The quantitative estimate of drug-likeness (QED) is 0.346. The van der Waals surface area contributed by atoms with Crippen molar-refractivity contribution in [3.05, 3.63) is 133 Å². The molecule has 0 saturated heterocycles. The molecule has 136 valence electrons.